The van der Waals surface area contributed by atoms with Crippen molar-refractivity contribution in [2.24, 2.45) is 0 Å². The number of carbonyl (C=O) groups is 2. The molecule has 33 heavy (non-hydrogen) atoms. The van der Waals surface area contributed by atoms with Crippen LogP contribution < -0.4 is 10.1 Å². The number of carboxylic acids is 1. The van der Waals surface area contributed by atoms with Crippen LogP contribution in [0.2, 0.25) is 0 Å². The Morgan fingerprint density at radius 2 is 1.67 bits per heavy atom. The molecule has 0 spiro atoms. The molecule has 3 aromatic carbocycles. The predicted octanol–water partition coefficient (Wildman–Crippen LogP) is 4.07. The maximum absolute atomic E-state index is 13.3. The number of carbonyl (C=O) groups excluding carboxylic acids is 1. The minimum atomic E-state index is -0.965. The fraction of sp³-hybridized carbons (Fsp3) is 0.259. The fourth-order valence-electron chi connectivity index (χ4n) is 4.18. The van der Waals surface area contributed by atoms with Gasteiger partial charge in [0.05, 0.1) is 17.6 Å². The van der Waals surface area contributed by atoms with Gasteiger partial charge < -0.3 is 15.2 Å². The summed E-state index contributed by atoms with van der Waals surface area (Å²) in [5, 5.41) is 12.2. The molecule has 2 N–H and O–H groups in total. The molecule has 1 heterocycles. The molecule has 0 bridgehead atoms. The van der Waals surface area contributed by atoms with Crippen LogP contribution in [0.5, 0.6) is 5.75 Å². The standard InChI is InChI=1S/C27H28N2O4/c1-19(20-11-13-21(14-12-20)27(31)32)28-26(30)25-17-22-7-5-6-8-23(22)18-29(25)15-16-33-24-9-3-2-4-10-24/h2-14,19,25H,15-18H2,1H3,(H,28,30)(H,31,32). The number of aromatic carboxylic acids is 1. The van der Waals surface area contributed by atoms with Gasteiger partial charge >= 0.3 is 5.97 Å². The van der Waals surface area contributed by atoms with Gasteiger partial charge in [-0.25, -0.2) is 4.79 Å². The molecule has 0 radical (unpaired) electrons. The van der Waals surface area contributed by atoms with Gasteiger partial charge in [0.15, 0.2) is 0 Å². The molecule has 0 saturated heterocycles. The number of benzene rings is 3. The van der Waals surface area contributed by atoms with Gasteiger partial charge in [0, 0.05) is 13.1 Å². The first-order valence-electron chi connectivity index (χ1n) is 11.1. The Bertz CT molecular complexity index is 1100. The van der Waals surface area contributed by atoms with Crippen molar-refractivity contribution in [1.29, 1.82) is 0 Å². The average molecular weight is 445 g/mol. The quantitative estimate of drug-likeness (QED) is 0.548. The molecule has 0 saturated carbocycles. The number of fused-ring (bicyclic) bond motifs is 1. The Kier molecular flexibility index (Phi) is 7.05. The van der Waals surface area contributed by atoms with E-state index in [0.29, 0.717) is 26.1 Å². The molecule has 2 unspecified atom stereocenters. The molecule has 1 aliphatic heterocycles. The van der Waals surface area contributed by atoms with Crippen molar-refractivity contribution in [3.8, 4) is 5.75 Å². The van der Waals surface area contributed by atoms with Crippen LogP contribution in [0.15, 0.2) is 78.9 Å². The minimum absolute atomic E-state index is 0.0426. The Labute approximate surface area is 193 Å². The lowest BCUT2D eigenvalue weighted by molar-refractivity contribution is -0.127. The molecule has 2 atom stereocenters. The van der Waals surface area contributed by atoms with E-state index in [1.807, 2.05) is 49.4 Å². The van der Waals surface area contributed by atoms with E-state index < -0.39 is 5.97 Å². The SMILES string of the molecule is CC(NC(=O)C1Cc2ccccc2CN1CCOc1ccccc1)c1ccc(C(=O)O)cc1. The van der Waals surface area contributed by atoms with E-state index in [0.717, 1.165) is 11.3 Å². The molecule has 1 aliphatic rings. The summed E-state index contributed by atoms with van der Waals surface area (Å²) >= 11 is 0. The monoisotopic (exact) mass is 444 g/mol. The molecular weight excluding hydrogens is 416 g/mol. The number of ether oxygens (including phenoxy) is 1. The molecule has 1 amide bonds. The second kappa shape index (κ2) is 10.3. The van der Waals surface area contributed by atoms with Crippen LogP contribution in [0.3, 0.4) is 0 Å². The minimum Gasteiger partial charge on any atom is -0.492 e. The van der Waals surface area contributed by atoms with E-state index in [1.165, 1.54) is 11.1 Å². The van der Waals surface area contributed by atoms with Crippen LogP contribution in [0.25, 0.3) is 0 Å². The zero-order valence-electron chi connectivity index (χ0n) is 18.6. The van der Waals surface area contributed by atoms with Crippen molar-refractivity contribution in [1.82, 2.24) is 10.2 Å². The summed E-state index contributed by atoms with van der Waals surface area (Å²) in [7, 11) is 0. The Hall–Kier alpha value is -3.64. The third-order valence-electron chi connectivity index (χ3n) is 6.06. The maximum Gasteiger partial charge on any atom is 0.335 e. The van der Waals surface area contributed by atoms with Crippen molar-refractivity contribution >= 4 is 11.9 Å². The number of nitrogens with zero attached hydrogens (tertiary/aromatic N) is 1. The summed E-state index contributed by atoms with van der Waals surface area (Å²) in [6.45, 7) is 3.71. The van der Waals surface area contributed by atoms with Crippen molar-refractivity contribution < 1.29 is 19.4 Å². The van der Waals surface area contributed by atoms with Crippen LogP contribution in [0.4, 0.5) is 0 Å². The molecule has 6 nitrogen and oxygen atoms in total. The zero-order chi connectivity index (χ0) is 23.2. The lowest BCUT2D eigenvalue weighted by Gasteiger charge is -2.36. The van der Waals surface area contributed by atoms with Crippen LogP contribution in [-0.4, -0.2) is 41.1 Å². The third-order valence-corrected chi connectivity index (χ3v) is 6.06. The number of rotatable bonds is 8. The average Bonchev–Trinajstić information content (AvgIpc) is 2.84. The molecule has 4 rings (SSSR count). The van der Waals surface area contributed by atoms with E-state index in [9.17, 15) is 9.59 Å². The Morgan fingerprint density at radius 3 is 2.36 bits per heavy atom. The van der Waals surface area contributed by atoms with Crippen LogP contribution >= 0.6 is 0 Å². The van der Waals surface area contributed by atoms with Crippen molar-refractivity contribution in [2.75, 3.05) is 13.2 Å². The van der Waals surface area contributed by atoms with E-state index in [-0.39, 0.29) is 23.6 Å². The highest BCUT2D eigenvalue weighted by atomic mass is 16.5. The number of hydrogen-bond acceptors (Lipinski definition) is 4. The van der Waals surface area contributed by atoms with Crippen LogP contribution in [0, 0.1) is 0 Å². The summed E-state index contributed by atoms with van der Waals surface area (Å²) in [5.41, 5.74) is 3.52. The summed E-state index contributed by atoms with van der Waals surface area (Å²) in [6.07, 6.45) is 0.637. The largest absolute Gasteiger partial charge is 0.492 e. The molecule has 0 aromatic heterocycles. The van der Waals surface area contributed by atoms with E-state index >= 15 is 0 Å². The molecule has 3 aromatic rings. The normalized spacial score (nSPS) is 16.5. The Balaban J connectivity index is 1.44. The predicted molar refractivity (Wildman–Crippen MR) is 126 cm³/mol. The highest BCUT2D eigenvalue weighted by Crippen LogP contribution is 2.24. The second-order valence-electron chi connectivity index (χ2n) is 8.28. The summed E-state index contributed by atoms with van der Waals surface area (Å²) in [6, 6.07) is 24.0. The number of amides is 1. The smallest absolute Gasteiger partial charge is 0.335 e. The lowest BCUT2D eigenvalue weighted by Crippen LogP contribution is -2.51. The Morgan fingerprint density at radius 1 is 1.00 bits per heavy atom. The first kappa shape index (κ1) is 22.6. The number of para-hydroxylation sites is 1. The topological polar surface area (TPSA) is 78.9 Å². The van der Waals surface area contributed by atoms with Crippen LogP contribution in [-0.2, 0) is 17.8 Å². The van der Waals surface area contributed by atoms with Gasteiger partial charge in [0.2, 0.25) is 5.91 Å². The summed E-state index contributed by atoms with van der Waals surface area (Å²) in [5.74, 6) is -0.194. The molecular formula is C27H28N2O4. The first-order valence-corrected chi connectivity index (χ1v) is 11.1. The van der Waals surface area contributed by atoms with E-state index in [1.54, 1.807) is 24.3 Å². The fourth-order valence-corrected chi connectivity index (χ4v) is 4.18. The van der Waals surface area contributed by atoms with Gasteiger partial charge in [0.1, 0.15) is 12.4 Å². The van der Waals surface area contributed by atoms with Gasteiger partial charge in [-0.05, 0) is 54.3 Å². The molecule has 0 aliphatic carbocycles. The van der Waals surface area contributed by atoms with Gasteiger partial charge in [-0.3, -0.25) is 9.69 Å². The highest BCUT2D eigenvalue weighted by molar-refractivity contribution is 5.87. The number of carboxylic acid groups (broad SMARTS) is 1. The number of hydrogen-bond donors (Lipinski definition) is 2. The van der Waals surface area contributed by atoms with Gasteiger partial charge in [-0.2, -0.15) is 0 Å². The maximum atomic E-state index is 13.3. The summed E-state index contributed by atoms with van der Waals surface area (Å²) in [4.78, 5) is 26.6. The van der Waals surface area contributed by atoms with Gasteiger partial charge in [-0.1, -0.05) is 54.6 Å². The third kappa shape index (κ3) is 5.59. The van der Waals surface area contributed by atoms with Crippen molar-refractivity contribution in [3.63, 3.8) is 0 Å². The molecule has 170 valence electrons. The highest BCUT2D eigenvalue weighted by Gasteiger charge is 2.32. The molecule has 6 heteroatoms. The van der Waals surface area contributed by atoms with E-state index in [2.05, 4.69) is 22.3 Å². The first-order chi connectivity index (χ1) is 16.0. The van der Waals surface area contributed by atoms with Crippen LogP contribution in [0.1, 0.15) is 40.0 Å². The van der Waals surface area contributed by atoms with Crippen molar-refractivity contribution in [2.45, 2.75) is 32.0 Å². The zero-order valence-corrected chi connectivity index (χ0v) is 18.6. The lowest BCUT2D eigenvalue weighted by atomic mass is 9.93. The van der Waals surface area contributed by atoms with Gasteiger partial charge in [-0.15, -0.1) is 0 Å². The summed E-state index contributed by atoms with van der Waals surface area (Å²) < 4.78 is 5.88. The molecule has 0 fully saturated rings. The number of nitrogens with one attached hydrogen (secondary N) is 1. The van der Waals surface area contributed by atoms with E-state index in [4.69, 9.17) is 9.84 Å². The second-order valence-corrected chi connectivity index (χ2v) is 8.28. The van der Waals surface area contributed by atoms with Gasteiger partial charge in [0.25, 0.3) is 0 Å². The van der Waals surface area contributed by atoms with Crippen molar-refractivity contribution in [3.05, 3.63) is 101 Å².